The van der Waals surface area contributed by atoms with Crippen LogP contribution in [0.3, 0.4) is 0 Å². The Balaban J connectivity index is 1.46. The molecule has 4 aromatic rings. The molecule has 2 N–H and O–H groups in total. The molecule has 0 bridgehead atoms. The number of aryl methyl sites for hydroxylation is 1. The summed E-state index contributed by atoms with van der Waals surface area (Å²) < 4.78 is 173. The van der Waals surface area contributed by atoms with Crippen molar-refractivity contribution in [3.63, 3.8) is 0 Å². The van der Waals surface area contributed by atoms with Gasteiger partial charge in [-0.05, 0) is 78.2 Å². The lowest BCUT2D eigenvalue weighted by Gasteiger charge is -2.35. The number of anilines is 1. The van der Waals surface area contributed by atoms with Gasteiger partial charge in [0, 0.05) is 18.2 Å². The first-order valence-electron chi connectivity index (χ1n) is 15.7. The maximum atomic E-state index is 14.3. The number of hydrogen-bond donors (Lipinski definition) is 2. The van der Waals surface area contributed by atoms with Crippen molar-refractivity contribution in [3.05, 3.63) is 112 Å². The molecule has 0 unspecified atom stereocenters. The van der Waals surface area contributed by atoms with Gasteiger partial charge in [0.05, 0.1) is 27.9 Å². The van der Waals surface area contributed by atoms with E-state index in [0.29, 0.717) is 18.2 Å². The second-order valence-corrected chi connectivity index (χ2v) is 12.8. The molecule has 0 saturated carbocycles. The minimum Gasteiger partial charge on any atom is -0.457 e. The number of alkyl halides is 12. The topological polar surface area (TPSA) is 124 Å². The van der Waals surface area contributed by atoms with E-state index in [1.165, 1.54) is 31.3 Å². The van der Waals surface area contributed by atoms with E-state index < -0.39 is 105 Å². The second-order valence-electron chi connectivity index (χ2n) is 12.8. The van der Waals surface area contributed by atoms with Gasteiger partial charge in [0.1, 0.15) is 11.5 Å². The molecule has 0 spiro atoms. The van der Waals surface area contributed by atoms with Crippen molar-refractivity contribution in [2.24, 2.45) is 0 Å². The molecule has 2 aliphatic heterocycles. The molecule has 4 amide bonds. The highest BCUT2D eigenvalue weighted by atomic mass is 19.4. The molecule has 6 rings (SSSR count). The molecule has 0 saturated heterocycles. The summed E-state index contributed by atoms with van der Waals surface area (Å²) in [7, 11) is 1.22. The van der Waals surface area contributed by atoms with Gasteiger partial charge in [0.15, 0.2) is 0 Å². The summed E-state index contributed by atoms with van der Waals surface area (Å²) in [5.74, 6) is -6.55. The lowest BCUT2D eigenvalue weighted by atomic mass is 9.88. The molecule has 21 heteroatoms. The van der Waals surface area contributed by atoms with Crippen LogP contribution in [-0.2, 0) is 11.2 Å². The fraction of sp³-hybridized carbons (Fsp3) is 0.222. The molecule has 2 heterocycles. The van der Waals surface area contributed by atoms with Crippen molar-refractivity contribution in [1.29, 1.82) is 0 Å². The summed E-state index contributed by atoms with van der Waals surface area (Å²) in [5.41, 5.74) is -18.7. The van der Waals surface area contributed by atoms with Crippen molar-refractivity contribution in [1.82, 2.24) is 4.90 Å². The number of imide groups is 2. The molecule has 0 atom stereocenters. The van der Waals surface area contributed by atoms with Gasteiger partial charge >= 0.3 is 24.7 Å². The van der Waals surface area contributed by atoms with Crippen LogP contribution in [0.2, 0.25) is 0 Å². The zero-order valence-electron chi connectivity index (χ0n) is 28.3. The first kappa shape index (κ1) is 40.7. The molecule has 300 valence electrons. The number of aliphatic hydroxyl groups is 2. The highest BCUT2D eigenvalue weighted by molar-refractivity contribution is 6.35. The number of hydrogen-bond acceptors (Lipinski definition) is 7. The minimum absolute atomic E-state index is 0.0155. The van der Waals surface area contributed by atoms with Crippen LogP contribution in [0.5, 0.6) is 11.5 Å². The first-order valence-corrected chi connectivity index (χ1v) is 15.7. The van der Waals surface area contributed by atoms with Crippen LogP contribution in [0.1, 0.15) is 58.1 Å². The maximum Gasteiger partial charge on any atom is 0.430 e. The number of fused-ring (bicyclic) bond motifs is 2. The number of amides is 4. The Kier molecular flexibility index (Phi) is 9.12. The fourth-order valence-electron chi connectivity index (χ4n) is 6.37. The number of benzene rings is 4. The lowest BCUT2D eigenvalue weighted by molar-refractivity contribution is -0.376. The number of halogens is 12. The highest BCUT2D eigenvalue weighted by Gasteiger charge is 2.73. The first-order chi connectivity index (χ1) is 26.1. The van der Waals surface area contributed by atoms with E-state index in [-0.39, 0.29) is 45.4 Å². The van der Waals surface area contributed by atoms with Gasteiger partial charge in [-0.1, -0.05) is 18.2 Å². The Morgan fingerprint density at radius 1 is 0.491 bits per heavy atom. The molecular weight excluding hydrogens is 800 g/mol. The van der Waals surface area contributed by atoms with Crippen LogP contribution in [0, 0.1) is 6.92 Å². The standard InChI is InChI=1S/C36H20F12N2O7/c1-15-3-6-18(13-24(15)31(55,33(37,38)39)34(40,41)42)57-19-7-10-26(25(14-19)32(56,35(43,44)45)36(46,47)48)50-29(53)21-9-5-17(12-23(21)30(50)54)16-4-8-20-22(11-16)28(52)49(2)27(20)51/h3-14,55-56H,1-2H3. The third-order valence-electron chi connectivity index (χ3n) is 9.38. The van der Waals surface area contributed by atoms with E-state index in [0.717, 1.165) is 24.0 Å². The summed E-state index contributed by atoms with van der Waals surface area (Å²) in [6.07, 6.45) is -26.1. The molecule has 0 radical (unpaired) electrons. The Morgan fingerprint density at radius 3 is 1.37 bits per heavy atom. The Hall–Kier alpha value is -5.96. The molecular formula is C36H20F12N2O7. The van der Waals surface area contributed by atoms with Gasteiger partial charge in [0.2, 0.25) is 0 Å². The van der Waals surface area contributed by atoms with Crippen molar-refractivity contribution in [3.8, 4) is 22.6 Å². The summed E-state index contributed by atoms with van der Waals surface area (Å²) in [6, 6.07) is 8.97. The largest absolute Gasteiger partial charge is 0.457 e. The summed E-state index contributed by atoms with van der Waals surface area (Å²) in [4.78, 5) is 52.7. The van der Waals surface area contributed by atoms with Gasteiger partial charge in [-0.15, -0.1) is 0 Å². The van der Waals surface area contributed by atoms with Crippen molar-refractivity contribution >= 4 is 29.3 Å². The van der Waals surface area contributed by atoms with Crippen molar-refractivity contribution in [2.45, 2.75) is 42.8 Å². The highest BCUT2D eigenvalue weighted by Crippen LogP contribution is 2.55. The predicted molar refractivity (Wildman–Crippen MR) is 169 cm³/mol. The van der Waals surface area contributed by atoms with Crippen LogP contribution < -0.4 is 9.64 Å². The second kappa shape index (κ2) is 12.8. The van der Waals surface area contributed by atoms with Gasteiger partial charge in [-0.3, -0.25) is 24.1 Å². The number of nitrogens with zero attached hydrogens (tertiary/aromatic N) is 2. The average Bonchev–Trinajstić information content (AvgIpc) is 3.48. The quantitative estimate of drug-likeness (QED) is 0.149. The van der Waals surface area contributed by atoms with Crippen LogP contribution in [0.4, 0.5) is 58.4 Å². The molecule has 4 aromatic carbocycles. The van der Waals surface area contributed by atoms with Crippen LogP contribution >= 0.6 is 0 Å². The van der Waals surface area contributed by atoms with Crippen molar-refractivity contribution in [2.75, 3.05) is 11.9 Å². The van der Waals surface area contributed by atoms with E-state index in [9.17, 15) is 82.1 Å². The van der Waals surface area contributed by atoms with Gasteiger partial charge in [-0.2, -0.15) is 52.7 Å². The molecule has 0 aliphatic carbocycles. The number of rotatable bonds is 6. The van der Waals surface area contributed by atoms with Crippen LogP contribution in [-0.4, -0.2) is 70.5 Å². The average molecular weight is 821 g/mol. The Bertz CT molecular complexity index is 2370. The third-order valence-corrected chi connectivity index (χ3v) is 9.38. The zero-order valence-corrected chi connectivity index (χ0v) is 28.3. The maximum absolute atomic E-state index is 14.3. The fourth-order valence-corrected chi connectivity index (χ4v) is 6.37. The van der Waals surface area contributed by atoms with Gasteiger partial charge < -0.3 is 14.9 Å². The Morgan fingerprint density at radius 2 is 0.877 bits per heavy atom. The van der Waals surface area contributed by atoms with E-state index in [1.807, 2.05) is 0 Å². The number of carbonyl (C=O) groups is 4. The number of ether oxygens (including phenoxy) is 1. The molecule has 0 fully saturated rings. The van der Waals surface area contributed by atoms with Crippen LogP contribution in [0.25, 0.3) is 11.1 Å². The monoisotopic (exact) mass is 820 g/mol. The third kappa shape index (κ3) is 6.06. The van der Waals surface area contributed by atoms with Gasteiger partial charge in [0.25, 0.3) is 34.8 Å². The summed E-state index contributed by atoms with van der Waals surface area (Å²) >= 11 is 0. The smallest absolute Gasteiger partial charge is 0.430 e. The van der Waals surface area contributed by atoms with E-state index in [2.05, 4.69) is 0 Å². The number of carbonyl (C=O) groups excluding carboxylic acids is 4. The zero-order chi connectivity index (χ0) is 42.6. The summed E-state index contributed by atoms with van der Waals surface area (Å²) in [5, 5.41) is 20.4. The van der Waals surface area contributed by atoms with Crippen molar-refractivity contribution < 1.29 is 86.8 Å². The van der Waals surface area contributed by atoms with Crippen LogP contribution in [0.15, 0.2) is 72.8 Å². The molecule has 57 heavy (non-hydrogen) atoms. The SMILES string of the molecule is Cc1ccc(Oc2ccc(N3C(=O)c4ccc(-c5ccc6c(c5)C(=O)N(C)C6=O)cc4C3=O)c(C(O)(C(F)(F)F)C(F)(F)F)c2)cc1C(O)(C(F)(F)F)C(F)(F)F. The normalized spacial score (nSPS) is 15.4. The minimum atomic E-state index is -6.67. The molecule has 0 aromatic heterocycles. The lowest BCUT2D eigenvalue weighted by Crippen LogP contribution is -2.54. The van der Waals surface area contributed by atoms with E-state index >= 15 is 0 Å². The summed E-state index contributed by atoms with van der Waals surface area (Å²) in [6.45, 7) is 0.722. The molecule has 2 aliphatic rings. The molecule has 9 nitrogen and oxygen atoms in total. The van der Waals surface area contributed by atoms with E-state index in [4.69, 9.17) is 4.74 Å². The predicted octanol–water partition coefficient (Wildman–Crippen LogP) is 8.11. The Labute approximate surface area is 310 Å². The van der Waals surface area contributed by atoms with Gasteiger partial charge in [-0.25, -0.2) is 4.90 Å². The van der Waals surface area contributed by atoms with E-state index in [1.54, 1.807) is 0 Å².